The lowest BCUT2D eigenvalue weighted by molar-refractivity contribution is -0.121. The van der Waals surface area contributed by atoms with E-state index in [-0.39, 0.29) is 11.7 Å². The van der Waals surface area contributed by atoms with Gasteiger partial charge < -0.3 is 16.3 Å². The number of oxime groups is 1. The monoisotopic (exact) mass is 325 g/mol. The van der Waals surface area contributed by atoms with Crippen LogP contribution in [0.15, 0.2) is 35.5 Å². The summed E-state index contributed by atoms with van der Waals surface area (Å²) in [4.78, 5) is 12.4. The van der Waals surface area contributed by atoms with Crippen molar-refractivity contribution in [3.05, 3.63) is 35.9 Å². The van der Waals surface area contributed by atoms with E-state index in [0.29, 0.717) is 11.8 Å². The molecule has 0 aromatic heterocycles. The van der Waals surface area contributed by atoms with Gasteiger partial charge in [-0.1, -0.05) is 35.5 Å². The standard InChI is InChI=1S/C14H19N3O2S2/c15-13(17-19)12(10-4-2-1-3-5-10)14(18)16-8-11-9-20-6-7-21-11/h1-5,11-12,19H,6-9H2,(H2,15,17)(H,16,18). The smallest absolute Gasteiger partial charge is 0.235 e. The molecule has 1 fully saturated rings. The highest BCUT2D eigenvalue weighted by Crippen LogP contribution is 2.23. The number of amides is 1. The Morgan fingerprint density at radius 3 is 2.81 bits per heavy atom. The Bertz CT molecular complexity index is 490. The number of hydrogen-bond donors (Lipinski definition) is 3. The molecule has 4 N–H and O–H groups in total. The number of nitrogens with zero attached hydrogens (tertiary/aromatic N) is 1. The van der Waals surface area contributed by atoms with E-state index in [2.05, 4.69) is 10.5 Å². The normalized spacial score (nSPS) is 20.8. The molecule has 0 radical (unpaired) electrons. The molecule has 0 spiro atoms. The molecule has 1 aromatic carbocycles. The van der Waals surface area contributed by atoms with Crippen LogP contribution in [0, 0.1) is 0 Å². The van der Waals surface area contributed by atoms with Crippen molar-refractivity contribution in [2.24, 2.45) is 10.9 Å². The first-order valence-electron chi connectivity index (χ1n) is 6.71. The second-order valence-corrected chi connectivity index (χ2v) is 7.24. The van der Waals surface area contributed by atoms with Crippen LogP contribution in [-0.4, -0.2) is 46.0 Å². The molecule has 0 saturated carbocycles. The number of amidine groups is 1. The van der Waals surface area contributed by atoms with Gasteiger partial charge in [0, 0.05) is 29.1 Å². The summed E-state index contributed by atoms with van der Waals surface area (Å²) in [6.07, 6.45) is 0. The van der Waals surface area contributed by atoms with E-state index in [1.807, 2.05) is 41.7 Å². The highest BCUT2D eigenvalue weighted by molar-refractivity contribution is 8.06. The van der Waals surface area contributed by atoms with Crippen LogP contribution < -0.4 is 11.1 Å². The second kappa shape index (κ2) is 8.19. The van der Waals surface area contributed by atoms with Crippen molar-refractivity contribution in [1.29, 1.82) is 0 Å². The molecule has 1 saturated heterocycles. The Labute approximate surface area is 132 Å². The highest BCUT2D eigenvalue weighted by atomic mass is 32.2. The minimum Gasteiger partial charge on any atom is -0.409 e. The summed E-state index contributed by atoms with van der Waals surface area (Å²) in [5, 5.41) is 15.3. The number of carbonyl (C=O) groups excluding carboxylic acids is 1. The highest BCUT2D eigenvalue weighted by Gasteiger charge is 2.26. The summed E-state index contributed by atoms with van der Waals surface area (Å²) in [5.74, 6) is 2.26. The number of nitrogens with one attached hydrogen (secondary N) is 1. The molecular formula is C14H19N3O2S2. The van der Waals surface area contributed by atoms with Gasteiger partial charge in [-0.3, -0.25) is 4.79 Å². The van der Waals surface area contributed by atoms with Crippen molar-refractivity contribution in [1.82, 2.24) is 5.32 Å². The van der Waals surface area contributed by atoms with Crippen LogP contribution in [0.25, 0.3) is 0 Å². The predicted octanol–water partition coefficient (Wildman–Crippen LogP) is 1.48. The maximum Gasteiger partial charge on any atom is 0.235 e. The lowest BCUT2D eigenvalue weighted by Crippen LogP contribution is -2.40. The largest absolute Gasteiger partial charge is 0.409 e. The van der Waals surface area contributed by atoms with Gasteiger partial charge >= 0.3 is 0 Å². The molecule has 2 atom stereocenters. The summed E-state index contributed by atoms with van der Waals surface area (Å²) in [7, 11) is 0. The van der Waals surface area contributed by atoms with Crippen molar-refractivity contribution in [2.45, 2.75) is 11.2 Å². The Morgan fingerprint density at radius 1 is 1.43 bits per heavy atom. The maximum absolute atomic E-state index is 12.4. The molecule has 114 valence electrons. The third kappa shape index (κ3) is 4.57. The van der Waals surface area contributed by atoms with Gasteiger partial charge in [-0.2, -0.15) is 23.5 Å². The molecular weight excluding hydrogens is 306 g/mol. The van der Waals surface area contributed by atoms with Crippen molar-refractivity contribution in [3.8, 4) is 0 Å². The molecule has 2 rings (SSSR count). The molecule has 1 aromatic rings. The summed E-state index contributed by atoms with van der Waals surface area (Å²) in [6, 6.07) is 9.11. The quantitative estimate of drug-likeness (QED) is 0.330. The SMILES string of the molecule is N/C(=N/O)C(C(=O)NCC1CSCCS1)c1ccccc1. The van der Waals surface area contributed by atoms with E-state index in [1.54, 1.807) is 12.1 Å². The Balaban J connectivity index is 2.01. The number of hydrogen-bond acceptors (Lipinski definition) is 5. The van der Waals surface area contributed by atoms with Crippen LogP contribution in [0.2, 0.25) is 0 Å². The molecule has 1 aliphatic rings. The van der Waals surface area contributed by atoms with E-state index in [0.717, 1.165) is 17.1 Å². The summed E-state index contributed by atoms with van der Waals surface area (Å²) < 4.78 is 0. The fourth-order valence-electron chi connectivity index (χ4n) is 2.13. The molecule has 1 amide bonds. The lowest BCUT2D eigenvalue weighted by atomic mass is 9.97. The van der Waals surface area contributed by atoms with E-state index < -0.39 is 5.92 Å². The minimum atomic E-state index is -0.752. The Kier molecular flexibility index (Phi) is 6.25. The summed E-state index contributed by atoms with van der Waals surface area (Å²) >= 11 is 3.79. The van der Waals surface area contributed by atoms with E-state index in [4.69, 9.17) is 10.9 Å². The first-order valence-corrected chi connectivity index (χ1v) is 8.92. The number of rotatable bonds is 5. The van der Waals surface area contributed by atoms with Gasteiger partial charge in [-0.05, 0) is 5.56 Å². The van der Waals surface area contributed by atoms with Gasteiger partial charge in [0.15, 0.2) is 5.84 Å². The zero-order valence-corrected chi connectivity index (χ0v) is 13.2. The Hall–Kier alpha value is -1.34. The van der Waals surface area contributed by atoms with Crippen molar-refractivity contribution >= 4 is 35.3 Å². The molecule has 0 bridgehead atoms. The first kappa shape index (κ1) is 16.0. The second-order valence-electron chi connectivity index (χ2n) is 4.68. The fraction of sp³-hybridized carbons (Fsp3) is 0.429. The molecule has 5 nitrogen and oxygen atoms in total. The van der Waals surface area contributed by atoms with Crippen molar-refractivity contribution in [3.63, 3.8) is 0 Å². The van der Waals surface area contributed by atoms with Crippen LogP contribution in [0.4, 0.5) is 0 Å². The predicted molar refractivity (Wildman–Crippen MR) is 89.2 cm³/mol. The van der Waals surface area contributed by atoms with E-state index >= 15 is 0 Å². The minimum absolute atomic E-state index is 0.0932. The average Bonchev–Trinajstić information content (AvgIpc) is 2.55. The van der Waals surface area contributed by atoms with Crippen LogP contribution >= 0.6 is 23.5 Å². The van der Waals surface area contributed by atoms with Crippen LogP contribution in [0.1, 0.15) is 11.5 Å². The third-order valence-corrected chi connectivity index (χ3v) is 6.04. The van der Waals surface area contributed by atoms with Crippen LogP contribution in [0.3, 0.4) is 0 Å². The maximum atomic E-state index is 12.4. The molecule has 0 aliphatic carbocycles. The van der Waals surface area contributed by atoms with Gasteiger partial charge in [-0.15, -0.1) is 0 Å². The average molecular weight is 325 g/mol. The van der Waals surface area contributed by atoms with Gasteiger partial charge in [-0.25, -0.2) is 0 Å². The number of benzene rings is 1. The zero-order valence-electron chi connectivity index (χ0n) is 11.6. The third-order valence-electron chi connectivity index (χ3n) is 3.20. The number of carbonyl (C=O) groups is 1. The lowest BCUT2D eigenvalue weighted by Gasteiger charge is -2.22. The molecule has 1 aliphatic heterocycles. The van der Waals surface area contributed by atoms with Crippen LogP contribution in [0.5, 0.6) is 0 Å². The van der Waals surface area contributed by atoms with Crippen molar-refractivity contribution < 1.29 is 10.0 Å². The van der Waals surface area contributed by atoms with E-state index in [1.165, 1.54) is 5.75 Å². The molecule has 1 heterocycles. The zero-order chi connectivity index (χ0) is 15.1. The summed E-state index contributed by atoms with van der Waals surface area (Å²) in [6.45, 7) is 0.610. The molecule has 7 heteroatoms. The first-order chi connectivity index (χ1) is 10.2. The number of thioether (sulfide) groups is 2. The Morgan fingerprint density at radius 2 is 2.19 bits per heavy atom. The molecule has 21 heavy (non-hydrogen) atoms. The topological polar surface area (TPSA) is 87.7 Å². The fourth-order valence-corrected chi connectivity index (χ4v) is 4.74. The van der Waals surface area contributed by atoms with Crippen LogP contribution in [-0.2, 0) is 4.79 Å². The van der Waals surface area contributed by atoms with Gasteiger partial charge in [0.05, 0.1) is 0 Å². The van der Waals surface area contributed by atoms with Crippen molar-refractivity contribution in [2.75, 3.05) is 23.8 Å². The summed E-state index contributed by atoms with van der Waals surface area (Å²) in [5.41, 5.74) is 6.41. The molecule has 2 unspecified atom stereocenters. The number of nitrogens with two attached hydrogens (primary N) is 1. The van der Waals surface area contributed by atoms with Gasteiger partial charge in [0.2, 0.25) is 5.91 Å². The van der Waals surface area contributed by atoms with E-state index in [9.17, 15) is 4.79 Å². The van der Waals surface area contributed by atoms with Gasteiger partial charge in [0.25, 0.3) is 0 Å². The van der Waals surface area contributed by atoms with Gasteiger partial charge in [0.1, 0.15) is 5.92 Å².